The van der Waals surface area contributed by atoms with E-state index in [1.807, 2.05) is 31.2 Å². The van der Waals surface area contributed by atoms with Crippen LogP contribution in [-0.2, 0) is 20.8 Å². The van der Waals surface area contributed by atoms with E-state index < -0.39 is 0 Å². The van der Waals surface area contributed by atoms with E-state index in [2.05, 4.69) is 15.6 Å². The third-order valence-corrected chi connectivity index (χ3v) is 5.71. The minimum absolute atomic E-state index is 0.00746. The first-order valence-corrected chi connectivity index (χ1v) is 11.5. The van der Waals surface area contributed by atoms with Gasteiger partial charge in [0.1, 0.15) is 12.4 Å². The van der Waals surface area contributed by atoms with Crippen molar-refractivity contribution >= 4 is 29.2 Å². The van der Waals surface area contributed by atoms with Crippen molar-refractivity contribution in [2.24, 2.45) is 0 Å². The topological polar surface area (TPSA) is 91.4 Å². The molecule has 0 spiro atoms. The maximum atomic E-state index is 13.1. The number of hydrogen-bond donors (Lipinski definition) is 2. The van der Waals surface area contributed by atoms with Crippen LogP contribution in [0, 0.1) is 0 Å². The predicted molar refractivity (Wildman–Crippen MR) is 125 cm³/mol. The minimum Gasteiger partial charge on any atom is -0.352 e. The Morgan fingerprint density at radius 1 is 1.00 bits per heavy atom. The van der Waals surface area contributed by atoms with Gasteiger partial charge in [0.2, 0.25) is 17.7 Å². The summed E-state index contributed by atoms with van der Waals surface area (Å²) < 4.78 is 0. The minimum atomic E-state index is -0.184. The number of carbonyl (C=O) groups excluding carboxylic acids is 3. The van der Waals surface area contributed by atoms with Crippen molar-refractivity contribution in [3.63, 3.8) is 0 Å². The van der Waals surface area contributed by atoms with Crippen LogP contribution in [0.1, 0.15) is 57.4 Å². The summed E-state index contributed by atoms with van der Waals surface area (Å²) in [4.78, 5) is 43.6. The summed E-state index contributed by atoms with van der Waals surface area (Å²) in [6.07, 6.45) is 7.42. The van der Waals surface area contributed by atoms with Gasteiger partial charge in [0.25, 0.3) is 0 Å². The molecular weight excluding hydrogens is 404 g/mol. The number of benzene rings is 1. The fraction of sp³-hybridized carbons (Fsp3) is 0.440. The van der Waals surface area contributed by atoms with E-state index in [4.69, 9.17) is 0 Å². The second-order valence-electron chi connectivity index (χ2n) is 8.13. The lowest BCUT2D eigenvalue weighted by Crippen LogP contribution is -2.44. The third-order valence-electron chi connectivity index (χ3n) is 5.71. The zero-order valence-electron chi connectivity index (χ0n) is 18.7. The molecule has 3 rings (SSSR count). The lowest BCUT2D eigenvalue weighted by Gasteiger charge is -2.25. The van der Waals surface area contributed by atoms with E-state index in [0.717, 1.165) is 43.4 Å². The number of nitrogens with one attached hydrogen (secondary N) is 2. The predicted octanol–water partition coefficient (Wildman–Crippen LogP) is 3.84. The average Bonchev–Trinajstić information content (AvgIpc) is 3.31. The number of anilines is 2. The summed E-state index contributed by atoms with van der Waals surface area (Å²) in [5, 5.41) is 5.80. The average molecular weight is 437 g/mol. The van der Waals surface area contributed by atoms with Crippen LogP contribution in [-0.4, -0.2) is 35.3 Å². The van der Waals surface area contributed by atoms with Crippen LogP contribution in [0.5, 0.6) is 0 Å². The highest BCUT2D eigenvalue weighted by molar-refractivity contribution is 5.99. The number of aromatic nitrogens is 1. The Hall–Kier alpha value is -3.22. The molecule has 1 aromatic carbocycles. The monoisotopic (exact) mass is 436 g/mol. The van der Waals surface area contributed by atoms with Crippen LogP contribution in [0.15, 0.2) is 48.7 Å². The molecule has 170 valence electrons. The SMILES string of the molecule is CCc1ccccc1N(CC(=O)NC1CCCC1)C(=O)CCCC(=O)Nc1ccccn1. The number of amides is 3. The number of rotatable bonds is 10. The van der Waals surface area contributed by atoms with Gasteiger partial charge in [0.15, 0.2) is 0 Å². The first-order chi connectivity index (χ1) is 15.6. The summed E-state index contributed by atoms with van der Waals surface area (Å²) in [6.45, 7) is 2.02. The Kier molecular flexibility index (Phi) is 8.78. The van der Waals surface area contributed by atoms with Crippen LogP contribution < -0.4 is 15.5 Å². The summed E-state index contributed by atoms with van der Waals surface area (Å²) in [5.41, 5.74) is 1.78. The molecule has 0 bridgehead atoms. The van der Waals surface area contributed by atoms with Gasteiger partial charge in [0, 0.05) is 30.8 Å². The van der Waals surface area contributed by atoms with E-state index in [1.165, 1.54) is 0 Å². The number of pyridine rings is 1. The standard InChI is InChI=1S/C25H32N4O3/c1-2-19-10-3-6-13-21(19)29(18-24(31)27-20-11-4-5-12-20)25(32)16-9-15-23(30)28-22-14-7-8-17-26-22/h3,6-8,10,13-14,17,20H,2,4-5,9,11-12,15-16,18H2,1H3,(H,27,31)(H,26,28,30). The molecule has 0 aliphatic heterocycles. The van der Waals surface area contributed by atoms with Crippen LogP contribution in [0.3, 0.4) is 0 Å². The maximum absolute atomic E-state index is 13.1. The van der Waals surface area contributed by atoms with Crippen molar-refractivity contribution in [3.8, 4) is 0 Å². The molecule has 7 nitrogen and oxygen atoms in total. The highest BCUT2D eigenvalue weighted by atomic mass is 16.2. The van der Waals surface area contributed by atoms with Crippen molar-refractivity contribution in [3.05, 3.63) is 54.2 Å². The largest absolute Gasteiger partial charge is 0.352 e. The lowest BCUT2D eigenvalue weighted by atomic mass is 10.1. The number of hydrogen-bond acceptors (Lipinski definition) is 4. The van der Waals surface area contributed by atoms with Crippen LogP contribution in [0.25, 0.3) is 0 Å². The second-order valence-corrected chi connectivity index (χ2v) is 8.13. The number of para-hydroxylation sites is 1. The van der Waals surface area contributed by atoms with E-state index in [0.29, 0.717) is 12.2 Å². The van der Waals surface area contributed by atoms with E-state index >= 15 is 0 Å². The molecule has 0 saturated heterocycles. The molecular formula is C25H32N4O3. The van der Waals surface area contributed by atoms with Crippen LogP contribution >= 0.6 is 0 Å². The Labute approximate surface area is 189 Å². The van der Waals surface area contributed by atoms with Gasteiger partial charge in [-0.05, 0) is 49.4 Å². The van der Waals surface area contributed by atoms with E-state index in [1.54, 1.807) is 29.3 Å². The Morgan fingerprint density at radius 2 is 1.75 bits per heavy atom. The smallest absolute Gasteiger partial charge is 0.240 e. The molecule has 3 amide bonds. The zero-order valence-corrected chi connectivity index (χ0v) is 18.7. The molecule has 0 atom stereocenters. The second kappa shape index (κ2) is 12.0. The van der Waals surface area contributed by atoms with Crippen LogP contribution in [0.2, 0.25) is 0 Å². The quantitative estimate of drug-likeness (QED) is 0.592. The summed E-state index contributed by atoms with van der Waals surface area (Å²) >= 11 is 0. The molecule has 2 aromatic rings. The van der Waals surface area contributed by atoms with E-state index in [9.17, 15) is 14.4 Å². The molecule has 1 aliphatic carbocycles. The zero-order chi connectivity index (χ0) is 22.8. The molecule has 1 fully saturated rings. The molecule has 1 aliphatic rings. The Morgan fingerprint density at radius 3 is 2.47 bits per heavy atom. The molecule has 1 aromatic heterocycles. The number of carbonyl (C=O) groups is 3. The Balaban J connectivity index is 1.60. The first kappa shape index (κ1) is 23.4. The van der Waals surface area contributed by atoms with Crippen molar-refractivity contribution in [2.75, 3.05) is 16.8 Å². The molecule has 1 saturated carbocycles. The highest BCUT2D eigenvalue weighted by Crippen LogP contribution is 2.23. The fourth-order valence-corrected chi connectivity index (χ4v) is 4.05. The summed E-state index contributed by atoms with van der Waals surface area (Å²) in [5.74, 6) is 0.0176. The first-order valence-electron chi connectivity index (χ1n) is 11.5. The highest BCUT2D eigenvalue weighted by Gasteiger charge is 2.23. The van der Waals surface area contributed by atoms with Crippen molar-refractivity contribution in [1.82, 2.24) is 10.3 Å². The lowest BCUT2D eigenvalue weighted by molar-refractivity contribution is -0.124. The van der Waals surface area contributed by atoms with E-state index in [-0.39, 0.29) is 43.1 Å². The van der Waals surface area contributed by atoms with Crippen molar-refractivity contribution in [2.45, 2.75) is 64.3 Å². The van der Waals surface area contributed by atoms with Gasteiger partial charge in [-0.1, -0.05) is 44.0 Å². The van der Waals surface area contributed by atoms with Gasteiger partial charge in [0.05, 0.1) is 0 Å². The van der Waals surface area contributed by atoms with Gasteiger partial charge in [-0.15, -0.1) is 0 Å². The summed E-state index contributed by atoms with van der Waals surface area (Å²) in [6, 6.07) is 13.2. The third kappa shape index (κ3) is 6.90. The van der Waals surface area contributed by atoms with Gasteiger partial charge in [-0.2, -0.15) is 0 Å². The van der Waals surface area contributed by atoms with Gasteiger partial charge < -0.3 is 15.5 Å². The van der Waals surface area contributed by atoms with Crippen LogP contribution in [0.4, 0.5) is 11.5 Å². The number of nitrogens with zero attached hydrogens (tertiary/aromatic N) is 2. The van der Waals surface area contributed by atoms with Gasteiger partial charge >= 0.3 is 0 Å². The molecule has 0 unspecified atom stereocenters. The summed E-state index contributed by atoms with van der Waals surface area (Å²) in [7, 11) is 0. The molecule has 0 radical (unpaired) electrons. The Bertz CT molecular complexity index is 910. The van der Waals surface area contributed by atoms with Crippen molar-refractivity contribution < 1.29 is 14.4 Å². The normalized spacial score (nSPS) is 13.5. The number of aryl methyl sites for hydroxylation is 1. The van der Waals surface area contributed by atoms with Gasteiger partial charge in [-0.3, -0.25) is 14.4 Å². The maximum Gasteiger partial charge on any atom is 0.240 e. The molecule has 32 heavy (non-hydrogen) atoms. The fourth-order valence-electron chi connectivity index (χ4n) is 4.05. The molecule has 1 heterocycles. The van der Waals surface area contributed by atoms with Crippen molar-refractivity contribution in [1.29, 1.82) is 0 Å². The van der Waals surface area contributed by atoms with Gasteiger partial charge in [-0.25, -0.2) is 4.98 Å². The molecule has 2 N–H and O–H groups in total. The molecule has 7 heteroatoms.